The van der Waals surface area contributed by atoms with Gasteiger partial charge in [0.2, 0.25) is 0 Å². The fourth-order valence-electron chi connectivity index (χ4n) is 3.01. The number of halogens is 1. The number of aryl methyl sites for hydroxylation is 1. The minimum Gasteiger partial charge on any atom is -0.490 e. The molecule has 0 atom stereocenters. The quantitative estimate of drug-likeness (QED) is 0.419. The van der Waals surface area contributed by atoms with Crippen LogP contribution in [0, 0.1) is 6.92 Å². The average Bonchev–Trinajstić information content (AvgIpc) is 2.73. The van der Waals surface area contributed by atoms with Crippen molar-refractivity contribution in [2.24, 2.45) is 0 Å². The van der Waals surface area contributed by atoms with Crippen molar-refractivity contribution in [1.29, 1.82) is 0 Å². The zero-order chi connectivity index (χ0) is 20.5. The zero-order valence-corrected chi connectivity index (χ0v) is 17.8. The molecular weight excluding hydrogens is 382 g/mol. The van der Waals surface area contributed by atoms with Gasteiger partial charge in [-0.05, 0) is 67.8 Å². The number of hydrogen-bond donors (Lipinski definition) is 1. The predicted octanol–water partition coefficient (Wildman–Crippen LogP) is 5.96. The summed E-state index contributed by atoms with van der Waals surface area (Å²) in [6.45, 7) is 6.89. The molecular formula is C25H28ClNO2. The summed E-state index contributed by atoms with van der Waals surface area (Å²) in [7, 11) is 0. The lowest BCUT2D eigenvalue weighted by Gasteiger charge is -2.14. The summed E-state index contributed by atoms with van der Waals surface area (Å²) in [4.78, 5) is 0. The maximum Gasteiger partial charge on any atom is 0.161 e. The van der Waals surface area contributed by atoms with Gasteiger partial charge in [0.15, 0.2) is 11.5 Å². The highest BCUT2D eigenvalue weighted by atomic mass is 35.5. The second kappa shape index (κ2) is 10.9. The van der Waals surface area contributed by atoms with E-state index in [2.05, 4.69) is 60.8 Å². The normalized spacial score (nSPS) is 10.7. The number of rotatable bonds is 10. The van der Waals surface area contributed by atoms with Crippen molar-refractivity contribution in [1.82, 2.24) is 5.32 Å². The first kappa shape index (κ1) is 21.2. The molecule has 0 amide bonds. The lowest BCUT2D eigenvalue weighted by molar-refractivity contribution is 0.269. The van der Waals surface area contributed by atoms with Crippen LogP contribution in [0.3, 0.4) is 0 Å². The van der Waals surface area contributed by atoms with Crippen LogP contribution in [0.5, 0.6) is 11.5 Å². The monoisotopic (exact) mass is 409 g/mol. The molecule has 0 aliphatic heterocycles. The van der Waals surface area contributed by atoms with Crippen molar-refractivity contribution in [3.8, 4) is 11.5 Å². The third-order valence-electron chi connectivity index (χ3n) is 4.66. The van der Waals surface area contributed by atoms with Crippen LogP contribution in [0.4, 0.5) is 0 Å². The Morgan fingerprint density at radius 1 is 0.793 bits per heavy atom. The molecule has 3 aromatic rings. The van der Waals surface area contributed by atoms with E-state index in [1.54, 1.807) is 0 Å². The van der Waals surface area contributed by atoms with Crippen LogP contribution in [0.15, 0.2) is 66.7 Å². The van der Waals surface area contributed by atoms with Crippen molar-refractivity contribution >= 4 is 11.6 Å². The van der Waals surface area contributed by atoms with Crippen molar-refractivity contribution < 1.29 is 9.47 Å². The van der Waals surface area contributed by atoms with Crippen molar-refractivity contribution in [2.75, 3.05) is 13.2 Å². The van der Waals surface area contributed by atoms with Crippen LogP contribution in [0.1, 0.15) is 29.2 Å². The van der Waals surface area contributed by atoms with Crippen LogP contribution >= 0.6 is 11.6 Å². The molecule has 3 rings (SSSR count). The second-order valence-electron chi connectivity index (χ2n) is 7.04. The molecule has 3 aromatic carbocycles. The summed E-state index contributed by atoms with van der Waals surface area (Å²) in [6, 6.07) is 22.5. The molecule has 0 aliphatic carbocycles. The van der Waals surface area contributed by atoms with Gasteiger partial charge in [-0.3, -0.25) is 0 Å². The van der Waals surface area contributed by atoms with Crippen LogP contribution in [0.2, 0.25) is 5.02 Å². The predicted molar refractivity (Wildman–Crippen MR) is 120 cm³/mol. The Hall–Kier alpha value is -2.49. The molecule has 0 aromatic heterocycles. The number of nitrogens with one attached hydrogen (secondary N) is 1. The Kier molecular flexibility index (Phi) is 7.97. The molecule has 0 aliphatic rings. The first-order valence-electron chi connectivity index (χ1n) is 10.0. The smallest absolute Gasteiger partial charge is 0.161 e. The largest absolute Gasteiger partial charge is 0.490 e. The molecule has 1 N–H and O–H groups in total. The summed E-state index contributed by atoms with van der Waals surface area (Å²) in [5, 5.41) is 4.26. The van der Waals surface area contributed by atoms with Gasteiger partial charge >= 0.3 is 0 Å². The van der Waals surface area contributed by atoms with E-state index in [1.165, 1.54) is 16.7 Å². The Bertz CT molecular complexity index is 892. The molecule has 0 spiro atoms. The van der Waals surface area contributed by atoms with Gasteiger partial charge in [-0.1, -0.05) is 59.6 Å². The van der Waals surface area contributed by atoms with Gasteiger partial charge in [0.25, 0.3) is 0 Å². The minimum absolute atomic E-state index is 0.527. The Labute approximate surface area is 178 Å². The maximum absolute atomic E-state index is 6.01. The van der Waals surface area contributed by atoms with Gasteiger partial charge in [-0.15, -0.1) is 0 Å². The van der Waals surface area contributed by atoms with Crippen LogP contribution in [0.25, 0.3) is 0 Å². The van der Waals surface area contributed by atoms with Crippen molar-refractivity contribution in [2.45, 2.75) is 33.4 Å². The van der Waals surface area contributed by atoms with E-state index in [-0.39, 0.29) is 0 Å². The molecule has 0 unspecified atom stereocenters. The third-order valence-corrected chi connectivity index (χ3v) is 4.91. The summed E-state index contributed by atoms with van der Waals surface area (Å²) < 4.78 is 11.8. The summed E-state index contributed by atoms with van der Waals surface area (Å²) in [5.74, 6) is 1.56. The van der Waals surface area contributed by atoms with Crippen LogP contribution in [-0.4, -0.2) is 13.2 Å². The van der Waals surface area contributed by atoms with Crippen LogP contribution in [-0.2, 0) is 19.6 Å². The SMILES string of the molecule is CCOc1cc(CNCCc2ccc(Cl)cc2)ccc1OCc1ccc(C)cc1. The second-order valence-corrected chi connectivity index (χ2v) is 7.48. The van der Waals surface area contributed by atoms with E-state index in [0.29, 0.717) is 13.2 Å². The summed E-state index contributed by atoms with van der Waals surface area (Å²) in [5.41, 5.74) is 4.84. The Balaban J connectivity index is 1.53. The van der Waals surface area contributed by atoms with E-state index in [0.717, 1.165) is 41.6 Å². The number of ether oxygens (including phenoxy) is 2. The van der Waals surface area contributed by atoms with Gasteiger partial charge in [-0.25, -0.2) is 0 Å². The van der Waals surface area contributed by atoms with E-state index < -0.39 is 0 Å². The first-order chi connectivity index (χ1) is 14.1. The molecule has 3 nitrogen and oxygen atoms in total. The maximum atomic E-state index is 6.01. The third kappa shape index (κ3) is 6.81. The van der Waals surface area contributed by atoms with Gasteiger partial charge in [-0.2, -0.15) is 0 Å². The van der Waals surface area contributed by atoms with Gasteiger partial charge in [0.05, 0.1) is 6.61 Å². The van der Waals surface area contributed by atoms with Gasteiger partial charge < -0.3 is 14.8 Å². The molecule has 0 heterocycles. The zero-order valence-electron chi connectivity index (χ0n) is 17.1. The van der Waals surface area contributed by atoms with Crippen molar-refractivity contribution in [3.05, 3.63) is 94.0 Å². The molecule has 0 saturated carbocycles. The van der Waals surface area contributed by atoms with Crippen LogP contribution < -0.4 is 14.8 Å². The Morgan fingerprint density at radius 3 is 2.21 bits per heavy atom. The van der Waals surface area contributed by atoms with E-state index in [4.69, 9.17) is 21.1 Å². The van der Waals surface area contributed by atoms with Gasteiger partial charge in [0.1, 0.15) is 6.61 Å². The van der Waals surface area contributed by atoms with E-state index in [9.17, 15) is 0 Å². The highest BCUT2D eigenvalue weighted by Crippen LogP contribution is 2.29. The molecule has 152 valence electrons. The lowest BCUT2D eigenvalue weighted by Crippen LogP contribution is -2.16. The highest BCUT2D eigenvalue weighted by Gasteiger charge is 2.07. The molecule has 4 heteroatoms. The first-order valence-corrected chi connectivity index (χ1v) is 10.4. The van der Waals surface area contributed by atoms with E-state index in [1.807, 2.05) is 25.1 Å². The molecule has 0 bridgehead atoms. The fourth-order valence-corrected chi connectivity index (χ4v) is 3.14. The van der Waals surface area contributed by atoms with Crippen molar-refractivity contribution in [3.63, 3.8) is 0 Å². The summed E-state index contributed by atoms with van der Waals surface area (Å²) >= 11 is 5.93. The molecule has 0 radical (unpaired) electrons. The number of benzene rings is 3. The standard InChI is InChI=1S/C25H28ClNO2/c1-3-28-25-16-22(17-27-15-14-20-8-11-23(26)12-9-20)10-13-24(25)29-18-21-6-4-19(2)5-7-21/h4-13,16,27H,3,14-15,17-18H2,1-2H3. The lowest BCUT2D eigenvalue weighted by atomic mass is 10.1. The van der Waals surface area contributed by atoms with E-state index >= 15 is 0 Å². The topological polar surface area (TPSA) is 30.5 Å². The van der Waals surface area contributed by atoms with Gasteiger partial charge in [0, 0.05) is 11.6 Å². The molecule has 0 fully saturated rings. The number of hydrogen-bond acceptors (Lipinski definition) is 3. The summed E-state index contributed by atoms with van der Waals surface area (Å²) in [6.07, 6.45) is 0.966. The average molecular weight is 410 g/mol. The highest BCUT2D eigenvalue weighted by molar-refractivity contribution is 6.30. The fraction of sp³-hybridized carbons (Fsp3) is 0.280. The molecule has 0 saturated heterocycles. The molecule has 29 heavy (non-hydrogen) atoms. The minimum atomic E-state index is 0.527. The Morgan fingerprint density at radius 2 is 1.48 bits per heavy atom.